The fraction of sp³-hybridized carbons (Fsp3) is 0.412. The summed E-state index contributed by atoms with van der Waals surface area (Å²) in [5.74, 6) is 5.65. The fourth-order valence-corrected chi connectivity index (χ4v) is 2.32. The third kappa shape index (κ3) is 8.42. The number of aromatic nitrogens is 1. The maximum atomic E-state index is 12.4. The number of anilines is 1. The van der Waals surface area contributed by atoms with Crippen LogP contribution in [-0.4, -0.2) is 41.6 Å². The van der Waals surface area contributed by atoms with E-state index in [-0.39, 0.29) is 30.4 Å². The fourth-order valence-electron chi connectivity index (χ4n) is 2.17. The second-order valence-corrected chi connectivity index (χ2v) is 6.00. The van der Waals surface area contributed by atoms with Crippen molar-refractivity contribution in [1.82, 2.24) is 15.2 Å². The number of allylic oxidation sites excluding steroid dienone is 1. The summed E-state index contributed by atoms with van der Waals surface area (Å²) >= 11 is 6.03. The Balaban J connectivity index is 2.74. The second kappa shape index (κ2) is 10.9. The molecule has 1 rings (SSSR count). The first-order valence-electron chi connectivity index (χ1n) is 8.24. The molecule has 3 N–H and O–H groups in total. The van der Waals surface area contributed by atoms with Gasteiger partial charge in [-0.15, -0.1) is 0 Å². The molecule has 10 heteroatoms. The normalized spacial score (nSPS) is 12.0. The van der Waals surface area contributed by atoms with Gasteiger partial charge in [0.25, 0.3) is 0 Å². The largest absolute Gasteiger partial charge is 0.390 e. The summed E-state index contributed by atoms with van der Waals surface area (Å²) in [4.78, 5) is 17.8. The van der Waals surface area contributed by atoms with Gasteiger partial charge in [-0.3, -0.25) is 14.8 Å². The zero-order valence-corrected chi connectivity index (χ0v) is 15.7. The quantitative estimate of drug-likeness (QED) is 0.271. The van der Waals surface area contributed by atoms with Crippen LogP contribution in [0.1, 0.15) is 19.8 Å². The maximum Gasteiger partial charge on any atom is 0.390 e. The zero-order valence-electron chi connectivity index (χ0n) is 15.0. The Kier molecular flexibility index (Phi) is 9.27. The topological polar surface area (TPSA) is 74.5 Å². The number of hydrogen-bond acceptors (Lipinski definition) is 5. The Morgan fingerprint density at radius 3 is 2.67 bits per heavy atom. The third-order valence-electron chi connectivity index (χ3n) is 3.49. The summed E-state index contributed by atoms with van der Waals surface area (Å²) in [5.41, 5.74) is 0.871. The van der Waals surface area contributed by atoms with Crippen molar-refractivity contribution in [2.45, 2.75) is 25.9 Å². The van der Waals surface area contributed by atoms with Crippen LogP contribution >= 0.6 is 11.6 Å². The van der Waals surface area contributed by atoms with Crippen molar-refractivity contribution in [3.8, 4) is 0 Å². The molecule has 0 spiro atoms. The monoisotopic (exact) mass is 405 g/mol. The van der Waals surface area contributed by atoms with Crippen LogP contribution in [0.3, 0.4) is 0 Å². The van der Waals surface area contributed by atoms with E-state index in [1.807, 2.05) is 0 Å². The Labute approximate surface area is 161 Å². The lowest BCUT2D eigenvalue weighted by Gasteiger charge is -2.26. The highest BCUT2D eigenvalue weighted by atomic mass is 35.5. The minimum absolute atomic E-state index is 0.00463. The minimum atomic E-state index is -4.23. The van der Waals surface area contributed by atoms with Gasteiger partial charge in [-0.25, -0.2) is 5.84 Å². The first-order valence-corrected chi connectivity index (χ1v) is 8.62. The average molecular weight is 406 g/mol. The Hall–Kier alpha value is -2.10. The summed E-state index contributed by atoms with van der Waals surface area (Å²) in [6, 6.07) is 3.42. The van der Waals surface area contributed by atoms with Crippen molar-refractivity contribution in [1.29, 1.82) is 0 Å². The van der Waals surface area contributed by atoms with Crippen molar-refractivity contribution >= 4 is 23.2 Å². The van der Waals surface area contributed by atoms with E-state index in [0.29, 0.717) is 17.9 Å². The van der Waals surface area contributed by atoms with Gasteiger partial charge in [0.15, 0.2) is 0 Å². The molecule has 6 nitrogen and oxygen atoms in total. The summed E-state index contributed by atoms with van der Waals surface area (Å²) in [7, 11) is 0. The molecule has 0 radical (unpaired) electrons. The third-order valence-corrected chi connectivity index (χ3v) is 3.69. The van der Waals surface area contributed by atoms with E-state index in [4.69, 9.17) is 17.4 Å². The Bertz CT molecular complexity index is 652. The van der Waals surface area contributed by atoms with Crippen LogP contribution in [0, 0.1) is 0 Å². The molecule has 0 saturated carbocycles. The van der Waals surface area contributed by atoms with E-state index >= 15 is 0 Å². The van der Waals surface area contributed by atoms with Crippen molar-refractivity contribution in [2.24, 2.45) is 5.84 Å². The smallest absolute Gasteiger partial charge is 0.316 e. The first kappa shape index (κ1) is 22.9. The number of nitrogens with two attached hydrogens (primary N) is 1. The summed E-state index contributed by atoms with van der Waals surface area (Å²) in [6.07, 6.45) is -0.593. The Morgan fingerprint density at radius 2 is 2.15 bits per heavy atom. The number of carbonyl (C=O) groups is 1. The van der Waals surface area contributed by atoms with Gasteiger partial charge < -0.3 is 10.2 Å². The number of hydrogen-bond donors (Lipinski definition) is 2. The van der Waals surface area contributed by atoms with Gasteiger partial charge >= 0.3 is 6.18 Å². The molecular formula is C17H23ClF3N5O. The van der Waals surface area contributed by atoms with Crippen molar-refractivity contribution in [3.63, 3.8) is 0 Å². The van der Waals surface area contributed by atoms with E-state index < -0.39 is 12.6 Å². The molecule has 0 bridgehead atoms. The van der Waals surface area contributed by atoms with E-state index in [1.54, 1.807) is 25.3 Å². The molecule has 27 heavy (non-hydrogen) atoms. The number of hydrazine groups is 1. The van der Waals surface area contributed by atoms with Gasteiger partial charge in [0.1, 0.15) is 0 Å². The predicted molar refractivity (Wildman–Crippen MR) is 99.5 cm³/mol. The molecule has 1 aromatic heterocycles. The standard InChI is InChI=1S/C17H23ClF3N5O/c1-3-25(16(27)6-9-23-10-7-17(19,20)21)15(13(2)18)12-26(22)14-5-4-8-24-11-14/h4-5,8,11-12,23H,2-3,6-7,9-10,22H2,1H3/b15-12+. The molecule has 150 valence electrons. The van der Waals surface area contributed by atoms with E-state index in [0.717, 1.165) is 0 Å². The lowest BCUT2D eigenvalue weighted by molar-refractivity contribution is -0.133. The van der Waals surface area contributed by atoms with Crippen molar-refractivity contribution in [2.75, 3.05) is 24.6 Å². The number of carbonyl (C=O) groups excluding carboxylic acids is 1. The maximum absolute atomic E-state index is 12.4. The van der Waals surface area contributed by atoms with E-state index in [1.165, 1.54) is 22.3 Å². The zero-order chi connectivity index (χ0) is 20.4. The number of halogens is 4. The second-order valence-electron chi connectivity index (χ2n) is 5.54. The predicted octanol–water partition coefficient (Wildman–Crippen LogP) is 3.14. The van der Waals surface area contributed by atoms with E-state index in [9.17, 15) is 18.0 Å². The van der Waals surface area contributed by atoms with E-state index in [2.05, 4.69) is 16.9 Å². The van der Waals surface area contributed by atoms with Gasteiger partial charge in [0.05, 0.1) is 29.0 Å². The molecule has 0 aliphatic carbocycles. The van der Waals surface area contributed by atoms with Gasteiger partial charge in [0.2, 0.25) is 5.91 Å². The Morgan fingerprint density at radius 1 is 1.44 bits per heavy atom. The summed E-state index contributed by atoms with van der Waals surface area (Å²) < 4.78 is 36.3. The number of amides is 1. The number of rotatable bonds is 10. The summed E-state index contributed by atoms with van der Waals surface area (Å²) in [5, 5.41) is 3.96. The molecule has 0 aliphatic rings. The van der Waals surface area contributed by atoms with Crippen LogP contribution in [0.25, 0.3) is 0 Å². The van der Waals surface area contributed by atoms with Crippen LogP contribution in [0.2, 0.25) is 0 Å². The van der Waals surface area contributed by atoms with Crippen LogP contribution in [-0.2, 0) is 4.79 Å². The number of nitrogens with zero attached hydrogens (tertiary/aromatic N) is 3. The molecule has 0 aromatic carbocycles. The lowest BCUT2D eigenvalue weighted by atomic mass is 10.3. The highest BCUT2D eigenvalue weighted by molar-refractivity contribution is 6.31. The van der Waals surface area contributed by atoms with Crippen LogP contribution in [0.5, 0.6) is 0 Å². The van der Waals surface area contributed by atoms with Gasteiger partial charge in [-0.1, -0.05) is 18.2 Å². The molecule has 0 unspecified atom stereocenters. The highest BCUT2D eigenvalue weighted by Gasteiger charge is 2.26. The van der Waals surface area contributed by atoms with Crippen molar-refractivity contribution < 1.29 is 18.0 Å². The summed E-state index contributed by atoms with van der Waals surface area (Å²) in [6.45, 7) is 5.56. The molecule has 1 heterocycles. The molecule has 1 aromatic rings. The van der Waals surface area contributed by atoms with Gasteiger partial charge in [0, 0.05) is 38.5 Å². The van der Waals surface area contributed by atoms with Gasteiger partial charge in [-0.05, 0) is 19.1 Å². The van der Waals surface area contributed by atoms with Crippen LogP contribution in [0.15, 0.2) is 48.0 Å². The molecule has 0 fully saturated rings. The van der Waals surface area contributed by atoms with Crippen LogP contribution < -0.4 is 16.2 Å². The minimum Gasteiger partial charge on any atom is -0.316 e. The lowest BCUT2D eigenvalue weighted by Crippen LogP contribution is -2.35. The average Bonchev–Trinajstić information content (AvgIpc) is 2.60. The first-order chi connectivity index (χ1) is 12.7. The molecule has 1 amide bonds. The van der Waals surface area contributed by atoms with Crippen LogP contribution in [0.4, 0.5) is 18.9 Å². The molecule has 0 aliphatic heterocycles. The molecule has 0 saturated heterocycles. The number of nitrogens with one attached hydrogen (secondary N) is 1. The SMILES string of the molecule is C=C(Cl)/C(=C\N(N)c1cccnc1)N(CC)C(=O)CCNCCC(F)(F)F. The highest BCUT2D eigenvalue weighted by Crippen LogP contribution is 2.21. The molecular weight excluding hydrogens is 383 g/mol. The molecule has 0 atom stereocenters. The van der Waals surface area contributed by atoms with Gasteiger partial charge in [-0.2, -0.15) is 13.2 Å². The van der Waals surface area contributed by atoms with Crippen molar-refractivity contribution in [3.05, 3.63) is 48.0 Å². The number of pyridine rings is 1. The number of alkyl halides is 3. The number of likely N-dealkylation sites (N-methyl/N-ethyl adjacent to an activating group) is 1.